The fourth-order valence-electron chi connectivity index (χ4n) is 3.31. The van der Waals surface area contributed by atoms with Gasteiger partial charge in [-0.05, 0) is 18.8 Å². The van der Waals surface area contributed by atoms with Gasteiger partial charge in [-0.25, -0.2) is 22.0 Å². The summed E-state index contributed by atoms with van der Waals surface area (Å²) >= 11 is 0. The van der Waals surface area contributed by atoms with Crippen molar-refractivity contribution in [2.24, 2.45) is 5.92 Å². The predicted octanol–water partition coefficient (Wildman–Crippen LogP) is 3.97. The molecule has 1 saturated carbocycles. The summed E-state index contributed by atoms with van der Waals surface area (Å²) in [5.74, 6) is -9.24. The van der Waals surface area contributed by atoms with Crippen LogP contribution in [0.5, 0.6) is 0 Å². The molecule has 0 unspecified atom stereocenters. The van der Waals surface area contributed by atoms with E-state index in [1.807, 2.05) is 4.90 Å². The summed E-state index contributed by atoms with van der Waals surface area (Å²) in [6.07, 6.45) is 2.41. The number of piperazine rings is 1. The molecule has 0 bridgehead atoms. The number of benzene rings is 1. The summed E-state index contributed by atoms with van der Waals surface area (Å²) in [6.45, 7) is 2.33. The van der Waals surface area contributed by atoms with Crippen molar-refractivity contribution < 1.29 is 22.0 Å². The van der Waals surface area contributed by atoms with Crippen LogP contribution in [0.3, 0.4) is 0 Å². The van der Waals surface area contributed by atoms with Crippen LogP contribution in [0.2, 0.25) is 0 Å². The third-order valence-electron chi connectivity index (χ3n) is 4.68. The molecule has 2 fully saturated rings. The van der Waals surface area contributed by atoms with Gasteiger partial charge in [0.15, 0.2) is 23.3 Å². The van der Waals surface area contributed by atoms with Crippen LogP contribution in [0.4, 0.5) is 22.0 Å². The van der Waals surface area contributed by atoms with E-state index in [1.54, 1.807) is 0 Å². The molecular formula is C15H19Cl2F5N2. The molecule has 0 spiro atoms. The molecule has 138 valence electrons. The highest BCUT2D eigenvalue weighted by atomic mass is 35.5. The molecule has 0 radical (unpaired) electrons. The molecule has 1 aliphatic carbocycles. The molecule has 2 nitrogen and oxygen atoms in total. The van der Waals surface area contributed by atoms with Gasteiger partial charge < -0.3 is 5.32 Å². The Labute approximate surface area is 149 Å². The van der Waals surface area contributed by atoms with Crippen molar-refractivity contribution in [3.05, 3.63) is 34.6 Å². The zero-order chi connectivity index (χ0) is 15.9. The third-order valence-corrected chi connectivity index (χ3v) is 4.68. The van der Waals surface area contributed by atoms with Crippen molar-refractivity contribution in [1.82, 2.24) is 10.2 Å². The highest BCUT2D eigenvalue weighted by Gasteiger charge is 2.39. The fourth-order valence-corrected chi connectivity index (χ4v) is 3.31. The van der Waals surface area contributed by atoms with E-state index >= 15 is 0 Å². The van der Waals surface area contributed by atoms with Crippen LogP contribution in [-0.4, -0.2) is 31.1 Å². The lowest BCUT2D eigenvalue weighted by Crippen LogP contribution is -2.48. The van der Waals surface area contributed by atoms with Crippen LogP contribution in [0.1, 0.15) is 30.9 Å². The summed E-state index contributed by atoms with van der Waals surface area (Å²) in [4.78, 5) is 1.83. The van der Waals surface area contributed by atoms with Crippen molar-refractivity contribution in [3.8, 4) is 0 Å². The lowest BCUT2D eigenvalue weighted by Gasteiger charge is -2.43. The Morgan fingerprint density at radius 2 is 1.25 bits per heavy atom. The molecule has 3 rings (SSSR count). The van der Waals surface area contributed by atoms with Gasteiger partial charge in [-0.3, -0.25) is 4.90 Å². The summed E-state index contributed by atoms with van der Waals surface area (Å²) in [7, 11) is 0. The molecule has 2 aliphatic rings. The van der Waals surface area contributed by atoms with E-state index < -0.39 is 40.7 Å². The van der Waals surface area contributed by atoms with Crippen LogP contribution >= 0.6 is 24.8 Å². The molecule has 1 aliphatic heterocycles. The molecule has 1 aromatic carbocycles. The van der Waals surface area contributed by atoms with Crippen LogP contribution in [0.15, 0.2) is 0 Å². The number of hydrogen-bond acceptors (Lipinski definition) is 2. The molecule has 1 N–H and O–H groups in total. The maximum absolute atomic E-state index is 14.2. The average molecular weight is 393 g/mol. The van der Waals surface area contributed by atoms with Crippen LogP contribution in [-0.2, 0) is 0 Å². The van der Waals surface area contributed by atoms with Gasteiger partial charge in [-0.1, -0.05) is 6.42 Å². The van der Waals surface area contributed by atoms with Crippen molar-refractivity contribution in [3.63, 3.8) is 0 Å². The van der Waals surface area contributed by atoms with E-state index in [1.165, 1.54) is 0 Å². The Balaban J connectivity index is 0.00000144. The summed E-state index contributed by atoms with van der Waals surface area (Å²) in [5.41, 5.74) is -0.664. The lowest BCUT2D eigenvalue weighted by atomic mass is 9.76. The topological polar surface area (TPSA) is 15.3 Å². The average Bonchev–Trinajstić information content (AvgIpc) is 2.49. The Hall–Kier alpha value is -0.630. The quantitative estimate of drug-likeness (QED) is 0.475. The van der Waals surface area contributed by atoms with Gasteiger partial charge in [0.2, 0.25) is 5.82 Å². The van der Waals surface area contributed by atoms with Crippen LogP contribution in [0, 0.1) is 35.0 Å². The molecule has 0 aromatic heterocycles. The van der Waals surface area contributed by atoms with E-state index in [9.17, 15) is 22.0 Å². The molecule has 24 heavy (non-hydrogen) atoms. The zero-order valence-electron chi connectivity index (χ0n) is 12.8. The molecule has 1 aromatic rings. The van der Waals surface area contributed by atoms with Gasteiger partial charge in [-0.2, -0.15) is 0 Å². The monoisotopic (exact) mass is 392 g/mol. The third kappa shape index (κ3) is 3.64. The largest absolute Gasteiger partial charge is 0.314 e. The number of hydrogen-bond donors (Lipinski definition) is 1. The van der Waals surface area contributed by atoms with Crippen molar-refractivity contribution >= 4 is 24.8 Å². The summed E-state index contributed by atoms with van der Waals surface area (Å²) < 4.78 is 68.6. The highest BCUT2D eigenvalue weighted by molar-refractivity contribution is 5.85. The van der Waals surface area contributed by atoms with Gasteiger partial charge in [0.25, 0.3) is 0 Å². The van der Waals surface area contributed by atoms with E-state index in [-0.39, 0.29) is 30.7 Å². The number of nitrogens with one attached hydrogen (secondary N) is 1. The molecule has 1 saturated heterocycles. The van der Waals surface area contributed by atoms with Crippen molar-refractivity contribution in [2.75, 3.05) is 26.2 Å². The number of nitrogens with zero attached hydrogens (tertiary/aromatic N) is 1. The van der Waals surface area contributed by atoms with Crippen molar-refractivity contribution in [1.29, 1.82) is 0 Å². The smallest absolute Gasteiger partial charge is 0.200 e. The fraction of sp³-hybridized carbons (Fsp3) is 0.600. The van der Waals surface area contributed by atoms with Crippen LogP contribution < -0.4 is 5.32 Å². The maximum atomic E-state index is 14.2. The SMILES string of the molecule is Cl.Cl.Fc1c(F)c(F)c([C@H](C2CCC2)N2CCNCC2)c(F)c1F. The Kier molecular flexibility index (Phi) is 7.72. The molecular weight excluding hydrogens is 374 g/mol. The lowest BCUT2D eigenvalue weighted by molar-refractivity contribution is 0.0768. The second-order valence-corrected chi connectivity index (χ2v) is 5.91. The minimum Gasteiger partial charge on any atom is -0.314 e. The molecule has 1 atom stereocenters. The first-order valence-corrected chi connectivity index (χ1v) is 7.48. The van der Waals surface area contributed by atoms with E-state index in [2.05, 4.69) is 5.32 Å². The highest BCUT2D eigenvalue weighted by Crippen LogP contribution is 2.44. The number of halogens is 7. The Morgan fingerprint density at radius 1 is 0.792 bits per heavy atom. The van der Waals surface area contributed by atoms with E-state index in [0.29, 0.717) is 26.2 Å². The molecule has 9 heteroatoms. The molecule has 0 amide bonds. The normalized spacial score (nSPS) is 19.9. The van der Waals surface area contributed by atoms with Gasteiger partial charge in [0.1, 0.15) is 0 Å². The van der Waals surface area contributed by atoms with Crippen LogP contribution in [0.25, 0.3) is 0 Å². The predicted molar refractivity (Wildman–Crippen MR) is 85.3 cm³/mol. The van der Waals surface area contributed by atoms with Crippen molar-refractivity contribution in [2.45, 2.75) is 25.3 Å². The standard InChI is InChI=1S/C15H17F5N2.2ClH/c16-10-9(11(17)13(19)14(20)12(10)18)15(8-2-1-3-8)22-6-4-21-5-7-22;;/h8,15,21H,1-7H2;2*1H/t15-;;/m0../s1. The second kappa shape index (κ2) is 8.65. The van der Waals surface area contributed by atoms with Gasteiger partial charge >= 0.3 is 0 Å². The first kappa shape index (κ1) is 21.4. The van der Waals surface area contributed by atoms with E-state index in [4.69, 9.17) is 0 Å². The second-order valence-electron chi connectivity index (χ2n) is 5.91. The van der Waals surface area contributed by atoms with Gasteiger partial charge in [-0.15, -0.1) is 24.8 Å². The van der Waals surface area contributed by atoms with Gasteiger partial charge in [0.05, 0.1) is 0 Å². The number of rotatable bonds is 3. The maximum Gasteiger partial charge on any atom is 0.200 e. The Morgan fingerprint density at radius 3 is 1.67 bits per heavy atom. The Bertz CT molecular complexity index is 548. The minimum absolute atomic E-state index is 0. The minimum atomic E-state index is -2.09. The summed E-state index contributed by atoms with van der Waals surface area (Å²) in [6, 6.07) is -0.750. The molecule has 1 heterocycles. The summed E-state index contributed by atoms with van der Waals surface area (Å²) in [5, 5.41) is 3.12. The zero-order valence-corrected chi connectivity index (χ0v) is 14.4. The van der Waals surface area contributed by atoms with E-state index in [0.717, 1.165) is 19.3 Å². The van der Waals surface area contributed by atoms with Gasteiger partial charge in [0, 0.05) is 37.8 Å². The first-order valence-electron chi connectivity index (χ1n) is 7.48. The first-order chi connectivity index (χ1) is 10.5.